The normalized spacial score (nSPS) is 40.3. The van der Waals surface area contributed by atoms with Gasteiger partial charge in [-0.25, -0.2) is 0 Å². The summed E-state index contributed by atoms with van der Waals surface area (Å²) in [5.41, 5.74) is -0.289. The van der Waals surface area contributed by atoms with Gasteiger partial charge in [0.25, 0.3) is 0 Å². The standard InChI is InChI=1S/C13H19NO/c1-10(15)12-7-4-6-11-5-2-3-8-13(11,12)9-14/h11-12H,2-8H2,1H3/t11-,12+,13+/m0/s1. The summed E-state index contributed by atoms with van der Waals surface area (Å²) in [5.74, 6) is 0.767. The second-order valence-corrected chi connectivity index (χ2v) is 5.19. The molecule has 2 fully saturated rings. The number of hydrogen-bond donors (Lipinski definition) is 0. The molecule has 2 saturated carbocycles. The maximum Gasteiger partial charge on any atom is 0.134 e. The average Bonchev–Trinajstić information content (AvgIpc) is 2.27. The molecule has 2 rings (SSSR count). The highest BCUT2D eigenvalue weighted by atomic mass is 16.1. The molecule has 2 nitrogen and oxygen atoms in total. The second-order valence-electron chi connectivity index (χ2n) is 5.19. The number of fused-ring (bicyclic) bond motifs is 1. The van der Waals surface area contributed by atoms with Gasteiger partial charge >= 0.3 is 0 Å². The highest BCUT2D eigenvalue weighted by Gasteiger charge is 2.50. The molecule has 2 heteroatoms. The van der Waals surface area contributed by atoms with Crippen molar-refractivity contribution in [2.75, 3.05) is 0 Å². The van der Waals surface area contributed by atoms with Gasteiger partial charge in [0.1, 0.15) is 5.78 Å². The van der Waals surface area contributed by atoms with E-state index in [0.29, 0.717) is 5.92 Å². The Kier molecular flexibility index (Phi) is 2.82. The van der Waals surface area contributed by atoms with E-state index in [1.807, 2.05) is 0 Å². The van der Waals surface area contributed by atoms with Crippen molar-refractivity contribution in [3.8, 4) is 6.07 Å². The lowest BCUT2D eigenvalue weighted by molar-refractivity contribution is -0.128. The van der Waals surface area contributed by atoms with E-state index < -0.39 is 0 Å². The van der Waals surface area contributed by atoms with Crippen LogP contribution in [0.3, 0.4) is 0 Å². The van der Waals surface area contributed by atoms with Crippen molar-refractivity contribution in [2.24, 2.45) is 17.3 Å². The Hall–Kier alpha value is -0.840. The fraction of sp³-hybridized carbons (Fsp3) is 0.846. The summed E-state index contributed by atoms with van der Waals surface area (Å²) in [5, 5.41) is 9.49. The molecule has 15 heavy (non-hydrogen) atoms. The molecular weight excluding hydrogens is 186 g/mol. The Morgan fingerprint density at radius 2 is 2.00 bits per heavy atom. The number of hydrogen-bond acceptors (Lipinski definition) is 2. The first-order chi connectivity index (χ1) is 7.20. The molecule has 0 aromatic heterocycles. The van der Waals surface area contributed by atoms with Gasteiger partial charge in [-0.2, -0.15) is 5.26 Å². The first-order valence-electron chi connectivity index (χ1n) is 6.12. The van der Waals surface area contributed by atoms with E-state index in [-0.39, 0.29) is 17.1 Å². The summed E-state index contributed by atoms with van der Waals surface area (Å²) >= 11 is 0. The zero-order valence-electron chi connectivity index (χ0n) is 9.46. The molecule has 82 valence electrons. The van der Waals surface area contributed by atoms with Gasteiger partial charge < -0.3 is 0 Å². The Labute approximate surface area is 91.7 Å². The Balaban J connectivity index is 2.32. The minimum atomic E-state index is -0.289. The number of nitriles is 1. The molecule has 0 bridgehead atoms. The highest BCUT2D eigenvalue weighted by Crippen LogP contribution is 2.53. The van der Waals surface area contributed by atoms with E-state index in [9.17, 15) is 10.1 Å². The van der Waals surface area contributed by atoms with Crippen LogP contribution in [0.5, 0.6) is 0 Å². The molecular formula is C13H19NO. The molecule has 0 saturated heterocycles. The van der Waals surface area contributed by atoms with Crippen molar-refractivity contribution in [1.29, 1.82) is 5.26 Å². The van der Waals surface area contributed by atoms with Gasteiger partial charge in [0.2, 0.25) is 0 Å². The third-order valence-corrected chi connectivity index (χ3v) is 4.49. The number of carbonyl (C=O) groups excluding carboxylic acids is 1. The molecule has 0 spiro atoms. The SMILES string of the molecule is CC(=O)[C@H]1CCC[C@@H]2CCCC[C@@]21C#N. The summed E-state index contributed by atoms with van der Waals surface area (Å²) in [7, 11) is 0. The van der Waals surface area contributed by atoms with Gasteiger partial charge in [-0.15, -0.1) is 0 Å². The van der Waals surface area contributed by atoms with Crippen LogP contribution in [0, 0.1) is 28.6 Å². The molecule has 3 atom stereocenters. The van der Waals surface area contributed by atoms with Gasteiger partial charge in [0.05, 0.1) is 11.5 Å². The molecule has 0 amide bonds. The number of carbonyl (C=O) groups is 1. The van der Waals surface area contributed by atoms with Crippen LogP contribution >= 0.6 is 0 Å². The number of ketones is 1. The molecule has 2 aliphatic rings. The molecule has 0 aromatic rings. The fourth-order valence-corrected chi connectivity index (χ4v) is 3.75. The number of Topliss-reactive ketones (excluding diaryl/α,β-unsaturated/α-hetero) is 1. The molecule has 2 aliphatic carbocycles. The van der Waals surface area contributed by atoms with Crippen LogP contribution in [-0.2, 0) is 4.79 Å². The van der Waals surface area contributed by atoms with Gasteiger partial charge in [-0.05, 0) is 38.5 Å². The second kappa shape index (κ2) is 3.96. The van der Waals surface area contributed by atoms with Crippen molar-refractivity contribution < 1.29 is 4.79 Å². The van der Waals surface area contributed by atoms with Gasteiger partial charge in [0, 0.05) is 5.92 Å². The first kappa shape index (κ1) is 10.7. The largest absolute Gasteiger partial charge is 0.300 e. The average molecular weight is 205 g/mol. The highest BCUT2D eigenvalue weighted by molar-refractivity contribution is 5.80. The molecule has 0 N–H and O–H groups in total. The molecule has 0 unspecified atom stereocenters. The van der Waals surface area contributed by atoms with Gasteiger partial charge in [-0.1, -0.05) is 19.3 Å². The van der Waals surface area contributed by atoms with E-state index in [1.54, 1.807) is 6.92 Å². The number of nitrogens with zero attached hydrogens (tertiary/aromatic N) is 1. The fourth-order valence-electron chi connectivity index (χ4n) is 3.75. The van der Waals surface area contributed by atoms with Gasteiger partial charge in [-0.3, -0.25) is 4.79 Å². The van der Waals surface area contributed by atoms with Crippen LogP contribution in [0.15, 0.2) is 0 Å². The minimum absolute atomic E-state index is 0.0292. The maximum atomic E-state index is 11.7. The predicted octanol–water partition coefficient (Wildman–Crippen LogP) is 3.08. The van der Waals surface area contributed by atoms with E-state index in [2.05, 4.69) is 6.07 Å². The van der Waals surface area contributed by atoms with Crippen LogP contribution in [-0.4, -0.2) is 5.78 Å². The molecule has 0 radical (unpaired) electrons. The van der Waals surface area contributed by atoms with Crippen molar-refractivity contribution in [3.63, 3.8) is 0 Å². The number of rotatable bonds is 1. The third-order valence-electron chi connectivity index (χ3n) is 4.49. The maximum absolute atomic E-state index is 11.7. The van der Waals surface area contributed by atoms with Crippen LogP contribution in [0.25, 0.3) is 0 Å². The van der Waals surface area contributed by atoms with Crippen LogP contribution in [0.1, 0.15) is 51.9 Å². The van der Waals surface area contributed by atoms with Crippen LogP contribution in [0.4, 0.5) is 0 Å². The summed E-state index contributed by atoms with van der Waals surface area (Å²) in [4.78, 5) is 11.7. The monoisotopic (exact) mass is 205 g/mol. The Morgan fingerprint density at radius 3 is 2.67 bits per heavy atom. The summed E-state index contributed by atoms with van der Waals surface area (Å²) < 4.78 is 0. The third kappa shape index (κ3) is 1.58. The Morgan fingerprint density at radius 1 is 1.27 bits per heavy atom. The van der Waals surface area contributed by atoms with E-state index in [4.69, 9.17) is 0 Å². The van der Waals surface area contributed by atoms with Gasteiger partial charge in [0.15, 0.2) is 0 Å². The minimum Gasteiger partial charge on any atom is -0.300 e. The lowest BCUT2D eigenvalue weighted by Gasteiger charge is -2.47. The van der Waals surface area contributed by atoms with Crippen molar-refractivity contribution >= 4 is 5.78 Å². The van der Waals surface area contributed by atoms with Crippen LogP contribution < -0.4 is 0 Å². The molecule has 0 heterocycles. The Bertz CT molecular complexity index is 302. The first-order valence-corrected chi connectivity index (χ1v) is 6.12. The zero-order valence-corrected chi connectivity index (χ0v) is 9.46. The van der Waals surface area contributed by atoms with Crippen molar-refractivity contribution in [1.82, 2.24) is 0 Å². The zero-order chi connectivity index (χ0) is 10.9. The lowest BCUT2D eigenvalue weighted by Crippen LogP contribution is -2.45. The smallest absolute Gasteiger partial charge is 0.134 e. The molecule has 0 aromatic carbocycles. The summed E-state index contributed by atoms with van der Waals surface area (Å²) in [6.07, 6.45) is 7.75. The molecule has 0 aliphatic heterocycles. The quantitative estimate of drug-likeness (QED) is 0.660. The summed E-state index contributed by atoms with van der Waals surface area (Å²) in [6, 6.07) is 2.53. The van der Waals surface area contributed by atoms with E-state index in [1.165, 1.54) is 6.42 Å². The lowest BCUT2D eigenvalue weighted by atomic mass is 9.54. The van der Waals surface area contributed by atoms with E-state index >= 15 is 0 Å². The van der Waals surface area contributed by atoms with Crippen molar-refractivity contribution in [3.05, 3.63) is 0 Å². The van der Waals surface area contributed by atoms with Crippen LogP contribution in [0.2, 0.25) is 0 Å². The van der Waals surface area contributed by atoms with Crippen molar-refractivity contribution in [2.45, 2.75) is 51.9 Å². The predicted molar refractivity (Wildman–Crippen MR) is 58.0 cm³/mol. The van der Waals surface area contributed by atoms with E-state index in [0.717, 1.165) is 38.5 Å². The topological polar surface area (TPSA) is 40.9 Å². The summed E-state index contributed by atoms with van der Waals surface area (Å²) in [6.45, 7) is 1.67.